The van der Waals surface area contributed by atoms with Crippen LogP contribution in [0.2, 0.25) is 0 Å². The highest BCUT2D eigenvalue weighted by molar-refractivity contribution is 5.02. The lowest BCUT2D eigenvalue weighted by Gasteiger charge is -2.60. The third-order valence-corrected chi connectivity index (χ3v) is 4.96. The molecule has 0 N–H and O–H groups in total. The quantitative estimate of drug-likeness (QED) is 0.609. The molecule has 0 heteroatoms. The molecule has 0 radical (unpaired) electrons. The zero-order valence-electron chi connectivity index (χ0n) is 10.9. The first-order valence-corrected chi connectivity index (χ1v) is 6.46. The van der Waals surface area contributed by atoms with Gasteiger partial charge in [0, 0.05) is 0 Å². The molecular weight excluding hydrogens is 168 g/mol. The van der Waals surface area contributed by atoms with Gasteiger partial charge in [0.1, 0.15) is 0 Å². The molecule has 0 aromatic heterocycles. The predicted molar refractivity (Wildman–Crippen MR) is 64.3 cm³/mol. The summed E-state index contributed by atoms with van der Waals surface area (Å²) in [7, 11) is 0. The average Bonchev–Trinajstić information content (AvgIpc) is 2.12. The molecule has 0 spiro atoms. The Morgan fingerprint density at radius 2 is 1.79 bits per heavy atom. The van der Waals surface area contributed by atoms with E-state index >= 15 is 0 Å². The van der Waals surface area contributed by atoms with Crippen LogP contribution in [0.25, 0.3) is 0 Å². The van der Waals surface area contributed by atoms with E-state index in [2.05, 4.69) is 41.5 Å². The topological polar surface area (TPSA) is 0 Å². The molecule has 0 aromatic rings. The first-order valence-electron chi connectivity index (χ1n) is 6.46. The molecule has 4 atom stereocenters. The molecule has 0 aliphatic heterocycles. The van der Waals surface area contributed by atoms with E-state index in [1.54, 1.807) is 0 Å². The first-order chi connectivity index (χ1) is 6.46. The van der Waals surface area contributed by atoms with Crippen molar-refractivity contribution in [3.8, 4) is 0 Å². The van der Waals surface area contributed by atoms with Gasteiger partial charge in [-0.2, -0.15) is 0 Å². The highest BCUT2D eigenvalue weighted by atomic mass is 14.6. The molecule has 0 bridgehead atoms. The predicted octanol–water partition coefficient (Wildman–Crippen LogP) is 4.74. The maximum absolute atomic E-state index is 2.47. The fourth-order valence-corrected chi connectivity index (χ4v) is 4.00. The summed E-state index contributed by atoms with van der Waals surface area (Å²) in [6.45, 7) is 14.5. The van der Waals surface area contributed by atoms with E-state index in [1.807, 2.05) is 0 Å². The second kappa shape index (κ2) is 4.24. The molecule has 1 rings (SSSR count). The minimum Gasteiger partial charge on any atom is -0.0654 e. The third-order valence-electron chi connectivity index (χ3n) is 4.96. The molecule has 1 fully saturated rings. The summed E-state index contributed by atoms with van der Waals surface area (Å²) >= 11 is 0. The molecular formula is C14H28. The van der Waals surface area contributed by atoms with Crippen LogP contribution in [0.1, 0.15) is 60.8 Å². The van der Waals surface area contributed by atoms with Crippen molar-refractivity contribution in [2.75, 3.05) is 0 Å². The Bertz CT molecular complexity index is 180. The van der Waals surface area contributed by atoms with Crippen LogP contribution < -0.4 is 0 Å². The van der Waals surface area contributed by atoms with Crippen molar-refractivity contribution < 1.29 is 0 Å². The van der Waals surface area contributed by atoms with Gasteiger partial charge in [0.2, 0.25) is 0 Å². The van der Waals surface area contributed by atoms with E-state index < -0.39 is 0 Å². The van der Waals surface area contributed by atoms with Crippen LogP contribution in [0.15, 0.2) is 0 Å². The molecule has 14 heavy (non-hydrogen) atoms. The number of hydrogen-bond acceptors (Lipinski definition) is 0. The van der Waals surface area contributed by atoms with E-state index in [9.17, 15) is 0 Å². The summed E-state index contributed by atoms with van der Waals surface area (Å²) in [5.41, 5.74) is 0.593. The molecule has 1 saturated carbocycles. The van der Waals surface area contributed by atoms with Gasteiger partial charge < -0.3 is 0 Å². The van der Waals surface area contributed by atoms with Gasteiger partial charge in [-0.25, -0.2) is 0 Å². The van der Waals surface area contributed by atoms with Gasteiger partial charge in [-0.15, -0.1) is 0 Å². The van der Waals surface area contributed by atoms with E-state index in [1.165, 1.54) is 19.3 Å². The summed E-state index contributed by atoms with van der Waals surface area (Å²) < 4.78 is 0. The summed E-state index contributed by atoms with van der Waals surface area (Å²) in [5.74, 6) is 3.82. The Hall–Kier alpha value is 0. The molecule has 0 nitrogen and oxygen atoms in total. The van der Waals surface area contributed by atoms with Crippen LogP contribution in [0.3, 0.4) is 0 Å². The molecule has 0 saturated heterocycles. The van der Waals surface area contributed by atoms with Gasteiger partial charge in [0.15, 0.2) is 0 Å². The van der Waals surface area contributed by atoms with Crippen LogP contribution in [0.4, 0.5) is 0 Å². The van der Waals surface area contributed by atoms with E-state index in [-0.39, 0.29) is 0 Å². The SMILES string of the molecule is CCCC(C)C1C(CC)C(C)C1(C)C. The van der Waals surface area contributed by atoms with Crippen LogP contribution in [0, 0.1) is 29.1 Å². The third kappa shape index (κ3) is 1.73. The smallest absolute Gasteiger partial charge is 0.0292 e. The van der Waals surface area contributed by atoms with Crippen LogP contribution in [0.5, 0.6) is 0 Å². The normalized spacial score (nSPS) is 37.7. The van der Waals surface area contributed by atoms with Gasteiger partial charge in [-0.1, -0.05) is 60.8 Å². The van der Waals surface area contributed by atoms with Crippen LogP contribution in [-0.2, 0) is 0 Å². The molecule has 0 heterocycles. The second-order valence-corrected chi connectivity index (χ2v) is 5.97. The Morgan fingerprint density at radius 3 is 2.21 bits per heavy atom. The number of hydrogen-bond donors (Lipinski definition) is 0. The Balaban J connectivity index is 2.66. The van der Waals surface area contributed by atoms with E-state index in [0.717, 1.165) is 23.7 Å². The zero-order chi connectivity index (χ0) is 10.9. The minimum atomic E-state index is 0.593. The monoisotopic (exact) mass is 196 g/mol. The van der Waals surface area contributed by atoms with Crippen molar-refractivity contribution in [3.05, 3.63) is 0 Å². The lowest BCUT2D eigenvalue weighted by Crippen LogP contribution is -2.54. The van der Waals surface area contributed by atoms with Crippen molar-refractivity contribution >= 4 is 0 Å². The summed E-state index contributed by atoms with van der Waals surface area (Å²) in [5, 5.41) is 0. The maximum atomic E-state index is 2.47. The van der Waals surface area contributed by atoms with Crippen molar-refractivity contribution in [3.63, 3.8) is 0 Å². The molecule has 4 unspecified atom stereocenters. The Kier molecular flexibility index (Phi) is 3.66. The summed E-state index contributed by atoms with van der Waals surface area (Å²) in [6.07, 6.45) is 4.14. The maximum Gasteiger partial charge on any atom is -0.0292 e. The van der Waals surface area contributed by atoms with Gasteiger partial charge in [0.05, 0.1) is 0 Å². The van der Waals surface area contributed by atoms with Crippen molar-refractivity contribution in [2.45, 2.75) is 60.8 Å². The molecule has 84 valence electrons. The molecule has 0 amide bonds. The summed E-state index contributed by atoms with van der Waals surface area (Å²) in [6, 6.07) is 0. The highest BCUT2D eigenvalue weighted by Gasteiger charge is 2.53. The minimum absolute atomic E-state index is 0.593. The van der Waals surface area contributed by atoms with E-state index in [4.69, 9.17) is 0 Å². The average molecular weight is 196 g/mol. The Morgan fingerprint density at radius 1 is 1.21 bits per heavy atom. The second-order valence-electron chi connectivity index (χ2n) is 5.97. The summed E-state index contributed by atoms with van der Waals surface area (Å²) in [4.78, 5) is 0. The largest absolute Gasteiger partial charge is 0.0654 e. The van der Waals surface area contributed by atoms with E-state index in [0.29, 0.717) is 5.41 Å². The number of rotatable bonds is 4. The van der Waals surface area contributed by atoms with Crippen molar-refractivity contribution in [1.29, 1.82) is 0 Å². The van der Waals surface area contributed by atoms with Gasteiger partial charge in [-0.05, 0) is 29.1 Å². The Labute approximate surface area is 90.5 Å². The zero-order valence-corrected chi connectivity index (χ0v) is 10.9. The molecule has 1 aliphatic carbocycles. The van der Waals surface area contributed by atoms with Gasteiger partial charge >= 0.3 is 0 Å². The van der Waals surface area contributed by atoms with Gasteiger partial charge in [-0.3, -0.25) is 0 Å². The molecule has 0 aromatic carbocycles. The highest BCUT2D eigenvalue weighted by Crippen LogP contribution is 2.60. The lowest BCUT2D eigenvalue weighted by molar-refractivity contribution is -0.119. The van der Waals surface area contributed by atoms with Crippen LogP contribution >= 0.6 is 0 Å². The van der Waals surface area contributed by atoms with Crippen molar-refractivity contribution in [2.24, 2.45) is 29.1 Å². The first kappa shape index (κ1) is 12.1. The lowest BCUT2D eigenvalue weighted by atomic mass is 9.45. The van der Waals surface area contributed by atoms with Crippen LogP contribution in [-0.4, -0.2) is 0 Å². The fourth-order valence-electron chi connectivity index (χ4n) is 4.00. The van der Waals surface area contributed by atoms with Gasteiger partial charge in [0.25, 0.3) is 0 Å². The fraction of sp³-hybridized carbons (Fsp3) is 1.00. The van der Waals surface area contributed by atoms with Crippen molar-refractivity contribution in [1.82, 2.24) is 0 Å². The molecule has 1 aliphatic rings. The standard InChI is InChI=1S/C14H28/c1-7-9-10(3)13-12(8-2)11(4)14(13,5)6/h10-13H,7-9H2,1-6H3.